The molecule has 18 heavy (non-hydrogen) atoms. The molecule has 1 heterocycles. The Balaban J connectivity index is 2.21. The van der Waals surface area contributed by atoms with Gasteiger partial charge in [0.05, 0.1) is 12.6 Å². The van der Waals surface area contributed by atoms with Crippen LogP contribution < -0.4 is 10.6 Å². The van der Waals surface area contributed by atoms with E-state index in [0.717, 1.165) is 0 Å². The summed E-state index contributed by atoms with van der Waals surface area (Å²) in [4.78, 5) is 13.1. The summed E-state index contributed by atoms with van der Waals surface area (Å²) in [5.41, 5.74) is 0. The maximum atomic E-state index is 11.9. The van der Waals surface area contributed by atoms with Crippen molar-refractivity contribution in [2.75, 3.05) is 26.2 Å². The summed E-state index contributed by atoms with van der Waals surface area (Å²) >= 11 is 0. The lowest BCUT2D eigenvalue weighted by Gasteiger charge is -2.30. The lowest BCUT2D eigenvalue weighted by Crippen LogP contribution is -2.49. The molecule has 0 atom stereocenters. The monoisotopic (exact) mass is 264 g/mol. The van der Waals surface area contributed by atoms with Crippen LogP contribution in [-0.2, 0) is 0 Å². The average Bonchev–Trinajstić information content (AvgIpc) is 2.29. The normalized spacial score (nSPS) is 18.1. The van der Waals surface area contributed by atoms with Crippen LogP contribution in [0.1, 0.15) is 12.8 Å². The molecule has 0 unspecified atom stereocenters. The van der Waals surface area contributed by atoms with E-state index in [4.69, 9.17) is 5.26 Å². The molecule has 0 aromatic carbocycles. The van der Waals surface area contributed by atoms with Gasteiger partial charge in [-0.05, 0) is 12.8 Å². The molecule has 0 aromatic rings. The fraction of sp³-hybridized carbons (Fsp3) is 0.800. The third-order valence-corrected chi connectivity index (χ3v) is 2.67. The molecule has 0 bridgehead atoms. The van der Waals surface area contributed by atoms with Gasteiger partial charge in [0.15, 0.2) is 0 Å². The van der Waals surface area contributed by atoms with Crippen LogP contribution in [0, 0.1) is 11.3 Å². The van der Waals surface area contributed by atoms with Crippen LogP contribution in [0.4, 0.5) is 18.0 Å². The molecule has 1 fully saturated rings. The van der Waals surface area contributed by atoms with E-state index in [1.165, 1.54) is 0 Å². The van der Waals surface area contributed by atoms with Crippen LogP contribution >= 0.6 is 0 Å². The number of nitrogens with zero attached hydrogens (tertiary/aromatic N) is 2. The molecular weight excluding hydrogens is 249 g/mol. The van der Waals surface area contributed by atoms with Gasteiger partial charge in [-0.3, -0.25) is 4.90 Å². The molecule has 0 radical (unpaired) electrons. The first kappa shape index (κ1) is 14.6. The van der Waals surface area contributed by atoms with Gasteiger partial charge in [-0.2, -0.15) is 18.4 Å². The van der Waals surface area contributed by atoms with Gasteiger partial charge in [-0.25, -0.2) is 4.79 Å². The molecule has 8 heteroatoms. The molecular formula is C10H15F3N4O. The SMILES string of the molecule is N#CCN1CCC(NC(=O)NCC(F)(F)F)CC1. The van der Waals surface area contributed by atoms with Crippen LogP contribution in [-0.4, -0.2) is 49.3 Å². The lowest BCUT2D eigenvalue weighted by molar-refractivity contribution is -0.122. The molecule has 0 aromatic heterocycles. The number of amides is 2. The van der Waals surface area contributed by atoms with E-state index in [1.807, 2.05) is 11.0 Å². The number of likely N-dealkylation sites (tertiary alicyclic amines) is 1. The smallest absolute Gasteiger partial charge is 0.335 e. The van der Waals surface area contributed by atoms with Gasteiger partial charge in [-0.15, -0.1) is 0 Å². The van der Waals surface area contributed by atoms with E-state index in [0.29, 0.717) is 32.5 Å². The minimum atomic E-state index is -4.40. The average molecular weight is 264 g/mol. The summed E-state index contributed by atoms with van der Waals surface area (Å²) in [5.74, 6) is 0. The third-order valence-electron chi connectivity index (χ3n) is 2.67. The number of alkyl halides is 3. The van der Waals surface area contributed by atoms with Crippen molar-refractivity contribution in [3.63, 3.8) is 0 Å². The second-order valence-electron chi connectivity index (χ2n) is 4.15. The highest BCUT2D eigenvalue weighted by Gasteiger charge is 2.28. The number of halogens is 3. The van der Waals surface area contributed by atoms with Crippen molar-refractivity contribution in [3.8, 4) is 6.07 Å². The van der Waals surface area contributed by atoms with Crippen molar-refractivity contribution >= 4 is 6.03 Å². The van der Waals surface area contributed by atoms with Gasteiger partial charge < -0.3 is 10.6 Å². The Morgan fingerprint density at radius 1 is 1.39 bits per heavy atom. The fourth-order valence-electron chi connectivity index (χ4n) is 1.75. The molecule has 5 nitrogen and oxygen atoms in total. The molecule has 2 amide bonds. The molecule has 0 aliphatic carbocycles. The number of nitriles is 1. The van der Waals surface area contributed by atoms with Crippen molar-refractivity contribution in [2.45, 2.75) is 25.1 Å². The third kappa shape index (κ3) is 5.72. The lowest BCUT2D eigenvalue weighted by atomic mass is 10.1. The van der Waals surface area contributed by atoms with Crippen molar-refractivity contribution in [2.24, 2.45) is 0 Å². The Morgan fingerprint density at radius 3 is 2.50 bits per heavy atom. The Morgan fingerprint density at radius 2 is 2.00 bits per heavy atom. The van der Waals surface area contributed by atoms with Gasteiger partial charge >= 0.3 is 12.2 Å². The molecule has 1 saturated heterocycles. The first-order valence-corrected chi connectivity index (χ1v) is 5.61. The maximum absolute atomic E-state index is 11.9. The highest BCUT2D eigenvalue weighted by atomic mass is 19.4. The van der Waals surface area contributed by atoms with E-state index < -0.39 is 18.8 Å². The zero-order valence-corrected chi connectivity index (χ0v) is 9.76. The molecule has 102 valence electrons. The van der Waals surface area contributed by atoms with Gasteiger partial charge in [0, 0.05) is 19.1 Å². The highest BCUT2D eigenvalue weighted by Crippen LogP contribution is 2.12. The second-order valence-corrected chi connectivity index (χ2v) is 4.15. The van der Waals surface area contributed by atoms with Gasteiger partial charge in [0.1, 0.15) is 6.54 Å². The van der Waals surface area contributed by atoms with Crippen LogP contribution in [0.15, 0.2) is 0 Å². The van der Waals surface area contributed by atoms with Crippen molar-refractivity contribution in [3.05, 3.63) is 0 Å². The number of carbonyl (C=O) groups is 1. The van der Waals surface area contributed by atoms with E-state index in [2.05, 4.69) is 5.32 Å². The molecule has 2 N–H and O–H groups in total. The number of carbonyl (C=O) groups excluding carboxylic acids is 1. The largest absolute Gasteiger partial charge is 0.405 e. The first-order chi connectivity index (χ1) is 8.40. The quantitative estimate of drug-likeness (QED) is 0.742. The van der Waals surface area contributed by atoms with Crippen molar-refractivity contribution in [1.82, 2.24) is 15.5 Å². The van der Waals surface area contributed by atoms with Crippen LogP contribution in [0.2, 0.25) is 0 Å². The first-order valence-electron chi connectivity index (χ1n) is 5.61. The summed E-state index contributed by atoms with van der Waals surface area (Å²) < 4.78 is 35.6. The minimum absolute atomic E-state index is 0.131. The minimum Gasteiger partial charge on any atom is -0.335 e. The van der Waals surface area contributed by atoms with Crippen molar-refractivity contribution < 1.29 is 18.0 Å². The molecule has 1 aliphatic heterocycles. The van der Waals surface area contributed by atoms with Gasteiger partial charge in [0.2, 0.25) is 0 Å². The zero-order chi connectivity index (χ0) is 13.6. The van der Waals surface area contributed by atoms with E-state index in [1.54, 1.807) is 5.32 Å². The predicted molar refractivity (Wildman–Crippen MR) is 57.7 cm³/mol. The zero-order valence-electron chi connectivity index (χ0n) is 9.76. The summed E-state index contributed by atoms with van der Waals surface area (Å²) in [7, 11) is 0. The van der Waals surface area contributed by atoms with E-state index >= 15 is 0 Å². The van der Waals surface area contributed by atoms with Gasteiger partial charge in [-0.1, -0.05) is 0 Å². The highest BCUT2D eigenvalue weighted by molar-refractivity contribution is 5.74. The number of piperidine rings is 1. The molecule has 1 rings (SSSR count). The number of urea groups is 1. The van der Waals surface area contributed by atoms with Gasteiger partial charge in [0.25, 0.3) is 0 Å². The number of nitrogens with one attached hydrogen (secondary N) is 2. The standard InChI is InChI=1S/C10H15F3N4O/c11-10(12,13)7-15-9(18)16-8-1-4-17(5-2-8)6-3-14/h8H,1-2,4-7H2,(H2,15,16,18). The Bertz CT molecular complexity index is 318. The molecule has 0 saturated carbocycles. The fourth-order valence-corrected chi connectivity index (χ4v) is 1.75. The maximum Gasteiger partial charge on any atom is 0.405 e. The van der Waals surface area contributed by atoms with E-state index in [-0.39, 0.29) is 6.04 Å². The Hall–Kier alpha value is -1.49. The number of hydrogen-bond donors (Lipinski definition) is 2. The van der Waals surface area contributed by atoms with Crippen LogP contribution in [0.25, 0.3) is 0 Å². The number of rotatable bonds is 3. The molecule has 1 aliphatic rings. The topological polar surface area (TPSA) is 68.2 Å². The predicted octanol–water partition coefficient (Wildman–Crippen LogP) is 0.836. The Kier molecular flexibility index (Phi) is 5.22. The summed E-state index contributed by atoms with van der Waals surface area (Å²) in [6.07, 6.45) is -3.12. The Labute approximate surface area is 103 Å². The van der Waals surface area contributed by atoms with Crippen LogP contribution in [0.5, 0.6) is 0 Å². The molecule has 0 spiro atoms. The van der Waals surface area contributed by atoms with Crippen LogP contribution in [0.3, 0.4) is 0 Å². The van der Waals surface area contributed by atoms with Crippen molar-refractivity contribution in [1.29, 1.82) is 5.26 Å². The van der Waals surface area contributed by atoms with E-state index in [9.17, 15) is 18.0 Å². The summed E-state index contributed by atoms with van der Waals surface area (Å²) in [6.45, 7) is 0.342. The second kappa shape index (κ2) is 6.44. The summed E-state index contributed by atoms with van der Waals surface area (Å²) in [5, 5.41) is 12.8. The summed E-state index contributed by atoms with van der Waals surface area (Å²) in [6, 6.07) is 1.10. The number of hydrogen-bond acceptors (Lipinski definition) is 3.